The van der Waals surface area contributed by atoms with Crippen LogP contribution in [0.15, 0.2) is 53.1 Å². The Balaban J connectivity index is 1.70. The number of amides is 2. The van der Waals surface area contributed by atoms with E-state index in [1.54, 1.807) is 0 Å². The number of rotatable bonds is 5. The van der Waals surface area contributed by atoms with Gasteiger partial charge < -0.3 is 15.2 Å². The van der Waals surface area contributed by atoms with Crippen LogP contribution in [-0.4, -0.2) is 22.2 Å². The molecule has 1 atom stereocenters. The fourth-order valence-corrected chi connectivity index (χ4v) is 2.43. The van der Waals surface area contributed by atoms with E-state index in [1.165, 1.54) is 0 Å². The van der Waals surface area contributed by atoms with E-state index in [0.717, 1.165) is 23.1 Å². The molecule has 2 amide bonds. The molecule has 0 aliphatic carbocycles. The first-order valence-corrected chi connectivity index (χ1v) is 8.64. The molecule has 1 aromatic heterocycles. The second-order valence-electron chi connectivity index (χ2n) is 6.28. The number of nitrogens with zero attached hydrogens (tertiary/aromatic N) is 2. The van der Waals surface area contributed by atoms with E-state index in [9.17, 15) is 4.79 Å². The zero-order chi connectivity index (χ0) is 18.5. The average molecular weight is 350 g/mol. The lowest BCUT2D eigenvalue weighted by atomic mass is 10.1. The molecule has 6 heteroatoms. The van der Waals surface area contributed by atoms with Gasteiger partial charge in [0.05, 0.1) is 0 Å². The lowest BCUT2D eigenvalue weighted by molar-refractivity contribution is 0.249. The van der Waals surface area contributed by atoms with E-state index >= 15 is 0 Å². The van der Waals surface area contributed by atoms with Gasteiger partial charge in [-0.05, 0) is 56.7 Å². The normalized spacial score (nSPS) is 11.8. The number of carbonyl (C=O) groups excluding carboxylic acids is 1. The highest BCUT2D eigenvalue weighted by Gasteiger charge is 2.11. The van der Waals surface area contributed by atoms with Crippen molar-refractivity contribution in [3.8, 4) is 22.8 Å². The van der Waals surface area contributed by atoms with Crippen LogP contribution in [0.4, 0.5) is 10.5 Å². The maximum atomic E-state index is 11.9. The van der Waals surface area contributed by atoms with Gasteiger partial charge >= 0.3 is 6.03 Å². The van der Waals surface area contributed by atoms with Gasteiger partial charge in [-0.25, -0.2) is 4.79 Å². The van der Waals surface area contributed by atoms with Crippen LogP contribution in [-0.2, 0) is 0 Å². The van der Waals surface area contributed by atoms with E-state index in [0.29, 0.717) is 17.4 Å². The van der Waals surface area contributed by atoms with Crippen molar-refractivity contribution in [1.29, 1.82) is 0 Å². The first-order valence-electron chi connectivity index (χ1n) is 8.64. The molecule has 0 radical (unpaired) electrons. The summed E-state index contributed by atoms with van der Waals surface area (Å²) < 4.78 is 5.37. The van der Waals surface area contributed by atoms with E-state index in [2.05, 4.69) is 20.8 Å². The molecule has 134 valence electrons. The van der Waals surface area contributed by atoms with Crippen molar-refractivity contribution in [2.45, 2.75) is 33.2 Å². The first-order chi connectivity index (χ1) is 12.5. The zero-order valence-electron chi connectivity index (χ0n) is 15.1. The summed E-state index contributed by atoms with van der Waals surface area (Å²) in [5, 5.41) is 9.72. The van der Waals surface area contributed by atoms with Crippen molar-refractivity contribution in [2.75, 3.05) is 5.32 Å². The minimum atomic E-state index is -0.214. The van der Waals surface area contributed by atoms with Crippen LogP contribution in [0, 0.1) is 6.92 Å². The van der Waals surface area contributed by atoms with Gasteiger partial charge in [0.1, 0.15) is 0 Å². The molecule has 2 aromatic carbocycles. The molecular formula is C20H22N4O2. The second kappa shape index (κ2) is 7.82. The van der Waals surface area contributed by atoms with Gasteiger partial charge in [0.15, 0.2) is 0 Å². The number of carbonyl (C=O) groups is 1. The van der Waals surface area contributed by atoms with Crippen molar-refractivity contribution in [3.05, 3.63) is 54.1 Å². The molecule has 0 bridgehead atoms. The summed E-state index contributed by atoms with van der Waals surface area (Å²) in [5.74, 6) is 0.996. The Bertz CT molecular complexity index is 887. The van der Waals surface area contributed by atoms with Gasteiger partial charge in [-0.1, -0.05) is 29.8 Å². The molecule has 0 spiro atoms. The number of anilines is 1. The van der Waals surface area contributed by atoms with Crippen molar-refractivity contribution < 1.29 is 9.32 Å². The van der Waals surface area contributed by atoms with Crippen LogP contribution in [0.1, 0.15) is 25.8 Å². The minimum absolute atomic E-state index is 0.133. The van der Waals surface area contributed by atoms with Crippen molar-refractivity contribution in [3.63, 3.8) is 0 Å². The van der Waals surface area contributed by atoms with Crippen LogP contribution < -0.4 is 10.6 Å². The van der Waals surface area contributed by atoms with Crippen LogP contribution in [0.5, 0.6) is 0 Å². The Labute approximate surface area is 152 Å². The summed E-state index contributed by atoms with van der Waals surface area (Å²) in [6.45, 7) is 6.00. The molecule has 1 heterocycles. The molecule has 0 aliphatic heterocycles. The first kappa shape index (κ1) is 17.7. The lowest BCUT2D eigenvalue weighted by Gasteiger charge is -2.12. The monoisotopic (exact) mass is 350 g/mol. The van der Waals surface area contributed by atoms with Gasteiger partial charge in [0.25, 0.3) is 5.89 Å². The van der Waals surface area contributed by atoms with Gasteiger partial charge in [0, 0.05) is 22.9 Å². The van der Waals surface area contributed by atoms with E-state index in [-0.39, 0.29) is 12.1 Å². The minimum Gasteiger partial charge on any atom is -0.335 e. The molecule has 2 N–H and O–H groups in total. The molecule has 3 aromatic rings. The fourth-order valence-electron chi connectivity index (χ4n) is 2.43. The molecular weight excluding hydrogens is 328 g/mol. The number of benzene rings is 2. The zero-order valence-corrected chi connectivity index (χ0v) is 15.1. The smallest absolute Gasteiger partial charge is 0.319 e. The third kappa shape index (κ3) is 4.27. The second-order valence-corrected chi connectivity index (χ2v) is 6.28. The van der Waals surface area contributed by atoms with Crippen LogP contribution >= 0.6 is 0 Å². The summed E-state index contributed by atoms with van der Waals surface area (Å²) in [6.07, 6.45) is 0.882. The van der Waals surface area contributed by atoms with Gasteiger partial charge in [-0.3, -0.25) is 0 Å². The third-order valence-corrected chi connectivity index (χ3v) is 4.08. The average Bonchev–Trinajstić information content (AvgIpc) is 3.12. The molecule has 0 saturated carbocycles. The lowest BCUT2D eigenvalue weighted by Crippen LogP contribution is -2.35. The van der Waals surface area contributed by atoms with Gasteiger partial charge in [-0.2, -0.15) is 4.98 Å². The number of aromatic nitrogens is 2. The Kier molecular flexibility index (Phi) is 5.31. The maximum Gasteiger partial charge on any atom is 0.319 e. The van der Waals surface area contributed by atoms with E-state index in [4.69, 9.17) is 4.52 Å². The molecule has 0 unspecified atom stereocenters. The summed E-state index contributed by atoms with van der Waals surface area (Å²) in [5.41, 5.74) is 3.55. The fraction of sp³-hybridized carbons (Fsp3) is 0.250. The molecule has 3 rings (SSSR count). The maximum absolute atomic E-state index is 11.9. The number of nitrogens with one attached hydrogen (secondary N) is 2. The number of aryl methyl sites for hydroxylation is 1. The largest absolute Gasteiger partial charge is 0.335 e. The molecule has 0 aliphatic rings. The van der Waals surface area contributed by atoms with Crippen molar-refractivity contribution in [1.82, 2.24) is 15.5 Å². The molecule has 6 nitrogen and oxygen atoms in total. The topological polar surface area (TPSA) is 80.0 Å². The molecule has 0 saturated heterocycles. The van der Waals surface area contributed by atoms with E-state index < -0.39 is 0 Å². The van der Waals surface area contributed by atoms with Crippen LogP contribution in [0.3, 0.4) is 0 Å². The van der Waals surface area contributed by atoms with Crippen LogP contribution in [0.25, 0.3) is 22.8 Å². The standard InChI is InChI=1S/C20H22N4O2/c1-4-14(3)21-20(25)22-17-10-8-15(9-11-17)18-23-19(26-24-18)16-7-5-6-13(2)12-16/h5-12,14H,4H2,1-3H3,(H2,21,22,25)/t14-/m0/s1. The Morgan fingerprint density at radius 1 is 1.15 bits per heavy atom. The summed E-state index contributed by atoms with van der Waals surface area (Å²) in [4.78, 5) is 16.3. The van der Waals surface area contributed by atoms with Crippen molar-refractivity contribution in [2.24, 2.45) is 0 Å². The quantitative estimate of drug-likeness (QED) is 0.703. The summed E-state index contributed by atoms with van der Waals surface area (Å²) in [7, 11) is 0. The SMILES string of the molecule is CC[C@H](C)NC(=O)Nc1ccc(-c2noc(-c3cccc(C)c3)n2)cc1. The third-order valence-electron chi connectivity index (χ3n) is 4.08. The van der Waals surface area contributed by atoms with Gasteiger partial charge in [-0.15, -0.1) is 0 Å². The highest BCUT2D eigenvalue weighted by Crippen LogP contribution is 2.23. The van der Waals surface area contributed by atoms with Gasteiger partial charge in [0.2, 0.25) is 5.82 Å². The predicted molar refractivity (Wildman–Crippen MR) is 102 cm³/mol. The number of hydrogen-bond donors (Lipinski definition) is 2. The van der Waals surface area contributed by atoms with Crippen molar-refractivity contribution >= 4 is 11.7 Å². The number of hydrogen-bond acceptors (Lipinski definition) is 4. The Hall–Kier alpha value is -3.15. The summed E-state index contributed by atoms with van der Waals surface area (Å²) >= 11 is 0. The molecule has 26 heavy (non-hydrogen) atoms. The molecule has 0 fully saturated rings. The highest BCUT2D eigenvalue weighted by molar-refractivity contribution is 5.89. The Morgan fingerprint density at radius 2 is 1.92 bits per heavy atom. The predicted octanol–water partition coefficient (Wildman–Crippen LogP) is 4.63. The van der Waals surface area contributed by atoms with Crippen LogP contribution in [0.2, 0.25) is 0 Å². The Morgan fingerprint density at radius 3 is 2.62 bits per heavy atom. The number of urea groups is 1. The highest BCUT2D eigenvalue weighted by atomic mass is 16.5. The van der Waals surface area contributed by atoms with E-state index in [1.807, 2.05) is 69.3 Å². The summed E-state index contributed by atoms with van der Waals surface area (Å²) in [6, 6.07) is 15.2.